The van der Waals surface area contributed by atoms with Crippen molar-refractivity contribution in [1.29, 1.82) is 0 Å². The molecule has 0 atom stereocenters. The molecule has 2 rings (SSSR count). The van der Waals surface area contributed by atoms with Crippen LogP contribution in [-0.2, 0) is 9.05 Å². The fourth-order valence-electron chi connectivity index (χ4n) is 1.93. The molecule has 0 radical (unpaired) electrons. The summed E-state index contributed by atoms with van der Waals surface area (Å²) >= 11 is 1.17. The fourth-order valence-corrected chi connectivity index (χ4v) is 4.57. The first-order valence-electron chi connectivity index (χ1n) is 5.63. The van der Waals surface area contributed by atoms with Crippen LogP contribution < -0.4 is 0 Å². The van der Waals surface area contributed by atoms with Gasteiger partial charge in [0, 0.05) is 28.6 Å². The Kier molecular flexibility index (Phi) is 3.71. The second kappa shape index (κ2) is 4.83. The molecular weight excluding hydrogens is 294 g/mol. The molecule has 7 heteroatoms. The maximum Gasteiger partial charge on any atom is 0.263 e. The van der Waals surface area contributed by atoms with Crippen LogP contribution >= 0.6 is 22.0 Å². The third kappa shape index (κ3) is 2.55. The summed E-state index contributed by atoms with van der Waals surface area (Å²) in [6, 6.07) is 1.66. The van der Waals surface area contributed by atoms with Crippen LogP contribution in [0.3, 0.4) is 0 Å². The number of carbonyl (C=O) groups is 1. The summed E-state index contributed by atoms with van der Waals surface area (Å²) in [5.74, 6) is -0.126. The van der Waals surface area contributed by atoms with E-state index in [1.807, 2.05) is 0 Å². The van der Waals surface area contributed by atoms with E-state index in [-0.39, 0.29) is 16.8 Å². The zero-order valence-electron chi connectivity index (χ0n) is 10.1. The van der Waals surface area contributed by atoms with Gasteiger partial charge in [-0.25, -0.2) is 8.42 Å². The predicted molar refractivity (Wildman–Crippen MR) is 71.8 cm³/mol. The van der Waals surface area contributed by atoms with E-state index >= 15 is 0 Å². The number of hydrogen-bond acceptors (Lipinski definition) is 4. The summed E-state index contributed by atoms with van der Waals surface area (Å²) in [7, 11) is 3.30. The van der Waals surface area contributed by atoms with Gasteiger partial charge in [0.05, 0.1) is 9.77 Å². The van der Waals surface area contributed by atoms with Gasteiger partial charge < -0.3 is 4.90 Å². The summed E-state index contributed by atoms with van der Waals surface area (Å²) in [5, 5.41) is 0. The van der Waals surface area contributed by atoms with Gasteiger partial charge in [-0.15, -0.1) is 11.3 Å². The van der Waals surface area contributed by atoms with Gasteiger partial charge in [0.1, 0.15) is 0 Å². The van der Waals surface area contributed by atoms with E-state index in [0.29, 0.717) is 9.75 Å². The van der Waals surface area contributed by atoms with Crippen molar-refractivity contribution >= 4 is 37.0 Å². The molecule has 0 bridgehead atoms. The van der Waals surface area contributed by atoms with Gasteiger partial charge in [0.25, 0.3) is 15.0 Å². The third-order valence-corrected chi connectivity index (χ3v) is 5.90. The number of halogens is 1. The minimum Gasteiger partial charge on any atom is -0.338 e. The second-order valence-corrected chi connectivity index (χ2v) is 8.26. The Bertz CT molecular complexity index is 575. The number of amides is 1. The van der Waals surface area contributed by atoms with E-state index in [2.05, 4.69) is 0 Å². The molecule has 4 nitrogen and oxygen atoms in total. The van der Waals surface area contributed by atoms with Crippen molar-refractivity contribution < 1.29 is 13.2 Å². The first-order valence-corrected chi connectivity index (χ1v) is 8.75. The van der Waals surface area contributed by atoms with Crippen LogP contribution in [0.1, 0.15) is 33.8 Å². The molecule has 1 aliphatic carbocycles. The number of thiophene rings is 1. The van der Waals surface area contributed by atoms with Gasteiger partial charge in [-0.05, 0) is 32.3 Å². The molecule has 1 saturated carbocycles. The lowest BCUT2D eigenvalue weighted by molar-refractivity contribution is 0.0657. The van der Waals surface area contributed by atoms with Crippen molar-refractivity contribution in [2.45, 2.75) is 37.1 Å². The molecule has 100 valence electrons. The molecule has 1 aromatic heterocycles. The molecule has 1 aromatic rings. The Morgan fingerprint density at radius 3 is 2.50 bits per heavy atom. The first kappa shape index (κ1) is 13.8. The highest BCUT2D eigenvalue weighted by Crippen LogP contribution is 2.31. The van der Waals surface area contributed by atoms with E-state index in [4.69, 9.17) is 10.7 Å². The number of hydrogen-bond donors (Lipinski definition) is 0. The smallest absolute Gasteiger partial charge is 0.263 e. The Labute approximate surface area is 115 Å². The maximum atomic E-state index is 12.2. The van der Waals surface area contributed by atoms with E-state index in [1.165, 1.54) is 17.4 Å². The average molecular weight is 308 g/mol. The Morgan fingerprint density at radius 2 is 2.11 bits per heavy atom. The van der Waals surface area contributed by atoms with Crippen LogP contribution in [0.25, 0.3) is 0 Å². The average Bonchev–Trinajstić information content (AvgIpc) is 2.55. The molecule has 0 aromatic carbocycles. The number of nitrogens with zero attached hydrogens (tertiary/aromatic N) is 1. The monoisotopic (exact) mass is 307 g/mol. The van der Waals surface area contributed by atoms with Gasteiger partial charge in [-0.2, -0.15) is 0 Å². The SMILES string of the molecule is Cc1sc(C(=O)N(C)C2CCC2)cc1S(=O)(=O)Cl. The molecule has 0 N–H and O–H groups in total. The van der Waals surface area contributed by atoms with Crippen LogP contribution in [-0.4, -0.2) is 32.3 Å². The second-order valence-electron chi connectivity index (χ2n) is 4.47. The van der Waals surface area contributed by atoms with Crippen LogP contribution in [0.5, 0.6) is 0 Å². The molecule has 0 saturated heterocycles. The van der Waals surface area contributed by atoms with Gasteiger partial charge >= 0.3 is 0 Å². The lowest BCUT2D eigenvalue weighted by atomic mass is 9.92. The van der Waals surface area contributed by atoms with Gasteiger partial charge in [-0.1, -0.05) is 0 Å². The van der Waals surface area contributed by atoms with Crippen LogP contribution in [0.2, 0.25) is 0 Å². The molecule has 0 aliphatic heterocycles. The molecule has 1 fully saturated rings. The van der Waals surface area contributed by atoms with Crippen molar-refractivity contribution in [1.82, 2.24) is 4.90 Å². The van der Waals surface area contributed by atoms with Crippen molar-refractivity contribution in [2.24, 2.45) is 0 Å². The fraction of sp³-hybridized carbons (Fsp3) is 0.545. The molecule has 18 heavy (non-hydrogen) atoms. The molecule has 0 unspecified atom stereocenters. The van der Waals surface area contributed by atoms with E-state index < -0.39 is 9.05 Å². The maximum absolute atomic E-state index is 12.2. The minimum absolute atomic E-state index is 0.0412. The first-order chi connectivity index (χ1) is 8.30. The molecule has 1 heterocycles. The standard InChI is InChI=1S/C11H14ClNO3S2/c1-7-10(18(12,15)16)6-9(17-7)11(14)13(2)8-4-3-5-8/h6,8H,3-5H2,1-2H3. The van der Waals surface area contributed by atoms with Crippen molar-refractivity contribution in [3.8, 4) is 0 Å². The van der Waals surface area contributed by atoms with E-state index in [9.17, 15) is 13.2 Å². The summed E-state index contributed by atoms with van der Waals surface area (Å²) in [4.78, 5) is 14.9. The predicted octanol–water partition coefficient (Wildman–Crippen LogP) is 2.61. The summed E-state index contributed by atoms with van der Waals surface area (Å²) in [6.45, 7) is 1.65. The highest BCUT2D eigenvalue weighted by molar-refractivity contribution is 8.13. The summed E-state index contributed by atoms with van der Waals surface area (Å²) in [6.07, 6.45) is 3.19. The van der Waals surface area contributed by atoms with E-state index in [1.54, 1.807) is 18.9 Å². The zero-order valence-corrected chi connectivity index (χ0v) is 12.5. The highest BCUT2D eigenvalue weighted by Gasteiger charge is 2.28. The molecular formula is C11H14ClNO3S2. The lowest BCUT2D eigenvalue weighted by Gasteiger charge is -2.34. The normalized spacial score (nSPS) is 16.4. The van der Waals surface area contributed by atoms with Crippen molar-refractivity contribution in [3.05, 3.63) is 15.8 Å². The Hall–Kier alpha value is -0.590. The number of rotatable bonds is 3. The van der Waals surface area contributed by atoms with Crippen molar-refractivity contribution in [2.75, 3.05) is 7.05 Å². The number of carbonyl (C=O) groups excluding carboxylic acids is 1. The van der Waals surface area contributed by atoms with Gasteiger partial charge in [0.15, 0.2) is 0 Å². The molecule has 1 amide bonds. The van der Waals surface area contributed by atoms with Gasteiger partial charge in [-0.3, -0.25) is 4.79 Å². The van der Waals surface area contributed by atoms with Gasteiger partial charge in [0.2, 0.25) is 0 Å². The highest BCUT2D eigenvalue weighted by atomic mass is 35.7. The largest absolute Gasteiger partial charge is 0.338 e. The minimum atomic E-state index is -3.77. The third-order valence-electron chi connectivity index (χ3n) is 3.29. The Morgan fingerprint density at radius 1 is 1.50 bits per heavy atom. The zero-order chi connectivity index (χ0) is 13.5. The molecule has 0 spiro atoms. The Balaban J connectivity index is 2.26. The molecule has 1 aliphatic rings. The van der Waals surface area contributed by atoms with Crippen LogP contribution in [0.4, 0.5) is 0 Å². The van der Waals surface area contributed by atoms with Crippen LogP contribution in [0, 0.1) is 6.92 Å². The number of aryl methyl sites for hydroxylation is 1. The summed E-state index contributed by atoms with van der Waals surface area (Å²) < 4.78 is 22.6. The van der Waals surface area contributed by atoms with Crippen molar-refractivity contribution in [3.63, 3.8) is 0 Å². The van der Waals surface area contributed by atoms with E-state index in [0.717, 1.165) is 19.3 Å². The van der Waals surface area contributed by atoms with Crippen LogP contribution in [0.15, 0.2) is 11.0 Å². The topological polar surface area (TPSA) is 54.5 Å². The quantitative estimate of drug-likeness (QED) is 0.807. The lowest BCUT2D eigenvalue weighted by Crippen LogP contribution is -2.40. The summed E-state index contributed by atoms with van der Waals surface area (Å²) in [5.41, 5.74) is 0.